The summed E-state index contributed by atoms with van der Waals surface area (Å²) in [4.78, 5) is 0. The van der Waals surface area contributed by atoms with Gasteiger partial charge in [0.15, 0.2) is 9.84 Å². The molecule has 0 saturated carbocycles. The van der Waals surface area contributed by atoms with Crippen molar-refractivity contribution in [2.45, 2.75) is 51.4 Å². The fraction of sp³-hybridized carbons (Fsp3) is 0.769. The third-order valence-corrected chi connectivity index (χ3v) is 7.01. The van der Waals surface area contributed by atoms with E-state index in [2.05, 4.69) is 40.2 Å². The Morgan fingerprint density at radius 1 is 1.45 bits per heavy atom. The Hall–Kier alpha value is -0.400. The molecular formula is C13H22BrN3O2S. The van der Waals surface area contributed by atoms with Crippen LogP contribution in [-0.2, 0) is 29.3 Å². The third-order valence-electron chi connectivity index (χ3n) is 3.82. The Morgan fingerprint density at radius 3 is 2.75 bits per heavy atom. The van der Waals surface area contributed by atoms with Crippen molar-refractivity contribution in [2.75, 3.05) is 12.3 Å². The van der Waals surface area contributed by atoms with Crippen LogP contribution in [0.4, 0.5) is 0 Å². The molecule has 0 aromatic carbocycles. The molecule has 0 aliphatic carbocycles. The Bertz CT molecular complexity index is 568. The van der Waals surface area contributed by atoms with Crippen LogP contribution >= 0.6 is 15.9 Å². The van der Waals surface area contributed by atoms with Crippen LogP contribution in [0.3, 0.4) is 0 Å². The number of hydrogen-bond acceptors (Lipinski definition) is 4. The van der Waals surface area contributed by atoms with Crippen molar-refractivity contribution in [3.63, 3.8) is 0 Å². The fourth-order valence-electron chi connectivity index (χ4n) is 2.63. The van der Waals surface area contributed by atoms with E-state index in [0.29, 0.717) is 18.8 Å². The van der Waals surface area contributed by atoms with Gasteiger partial charge in [-0.05, 0) is 42.1 Å². The summed E-state index contributed by atoms with van der Waals surface area (Å²) < 4.78 is 26.6. The van der Waals surface area contributed by atoms with Crippen LogP contribution in [0, 0.1) is 0 Å². The van der Waals surface area contributed by atoms with Gasteiger partial charge in [-0.3, -0.25) is 4.68 Å². The molecule has 20 heavy (non-hydrogen) atoms. The average molecular weight is 364 g/mol. The average Bonchev–Trinajstić information content (AvgIpc) is 2.90. The first-order chi connectivity index (χ1) is 9.49. The molecule has 1 aromatic heterocycles. The molecule has 0 spiro atoms. The highest BCUT2D eigenvalue weighted by atomic mass is 79.9. The number of aromatic nitrogens is 2. The first-order valence-corrected chi connectivity index (χ1v) is 9.66. The molecule has 7 heteroatoms. The van der Waals surface area contributed by atoms with E-state index >= 15 is 0 Å². The van der Waals surface area contributed by atoms with Gasteiger partial charge in [0.2, 0.25) is 0 Å². The van der Waals surface area contributed by atoms with Crippen molar-refractivity contribution in [2.24, 2.45) is 0 Å². The van der Waals surface area contributed by atoms with Gasteiger partial charge in [-0.15, -0.1) is 0 Å². The van der Waals surface area contributed by atoms with E-state index in [1.807, 2.05) is 4.68 Å². The largest absolute Gasteiger partial charge is 0.310 e. The minimum absolute atomic E-state index is 0.218. The van der Waals surface area contributed by atoms with E-state index in [0.717, 1.165) is 41.7 Å². The highest BCUT2D eigenvalue weighted by molar-refractivity contribution is 9.10. The Morgan fingerprint density at radius 2 is 2.20 bits per heavy atom. The van der Waals surface area contributed by atoms with Crippen molar-refractivity contribution in [3.8, 4) is 0 Å². The van der Waals surface area contributed by atoms with Gasteiger partial charge < -0.3 is 5.32 Å². The van der Waals surface area contributed by atoms with Crippen molar-refractivity contribution < 1.29 is 8.42 Å². The zero-order chi connectivity index (χ0) is 14.8. The van der Waals surface area contributed by atoms with E-state index in [-0.39, 0.29) is 5.25 Å². The van der Waals surface area contributed by atoms with Crippen molar-refractivity contribution in [3.05, 3.63) is 15.9 Å². The molecule has 114 valence electrons. The Labute approximate surface area is 129 Å². The molecule has 0 bridgehead atoms. The predicted octanol–water partition coefficient (Wildman–Crippen LogP) is 1.89. The van der Waals surface area contributed by atoms with Gasteiger partial charge in [0.1, 0.15) is 0 Å². The summed E-state index contributed by atoms with van der Waals surface area (Å²) in [6, 6.07) is 0. The van der Waals surface area contributed by atoms with Crippen LogP contribution in [0.15, 0.2) is 4.47 Å². The maximum absolute atomic E-state index is 11.8. The quantitative estimate of drug-likeness (QED) is 0.838. The zero-order valence-electron chi connectivity index (χ0n) is 12.0. The lowest BCUT2D eigenvalue weighted by molar-refractivity contribution is 0.553. The summed E-state index contributed by atoms with van der Waals surface area (Å²) in [5.74, 6) is 0.343. The topological polar surface area (TPSA) is 64.0 Å². The number of hydrogen-bond donors (Lipinski definition) is 1. The Balaban J connectivity index is 1.99. The van der Waals surface area contributed by atoms with Gasteiger partial charge >= 0.3 is 0 Å². The number of nitrogens with zero attached hydrogens (tertiary/aromatic N) is 2. The van der Waals surface area contributed by atoms with Crippen LogP contribution in [-0.4, -0.2) is 35.7 Å². The van der Waals surface area contributed by atoms with Crippen molar-refractivity contribution in [1.29, 1.82) is 0 Å². The molecule has 0 amide bonds. The summed E-state index contributed by atoms with van der Waals surface area (Å²) >= 11 is 3.60. The number of aryl methyl sites for hydroxylation is 2. The molecule has 1 unspecified atom stereocenters. The van der Waals surface area contributed by atoms with Crippen LogP contribution in [0.25, 0.3) is 0 Å². The van der Waals surface area contributed by atoms with Crippen LogP contribution in [0.1, 0.15) is 38.1 Å². The van der Waals surface area contributed by atoms with Gasteiger partial charge in [0.05, 0.1) is 26.9 Å². The standard InChI is InChI=1S/C13H22BrN3O2S/c1-3-11-13(14)12(17(4-2)16-11)9-15-8-10-6-5-7-20(10,18)19/h10,15H,3-9H2,1-2H3. The molecule has 1 aliphatic heterocycles. The molecule has 2 heterocycles. The number of halogens is 1. The number of sulfone groups is 1. The lowest BCUT2D eigenvalue weighted by Gasteiger charge is -2.11. The van der Waals surface area contributed by atoms with E-state index in [9.17, 15) is 8.42 Å². The summed E-state index contributed by atoms with van der Waals surface area (Å²) in [7, 11) is -2.86. The van der Waals surface area contributed by atoms with Crippen LogP contribution < -0.4 is 5.32 Å². The van der Waals surface area contributed by atoms with Crippen molar-refractivity contribution >= 4 is 25.8 Å². The highest BCUT2D eigenvalue weighted by Gasteiger charge is 2.30. The van der Waals surface area contributed by atoms with E-state index in [1.54, 1.807) is 0 Å². The fourth-order valence-corrected chi connectivity index (χ4v) is 5.13. The normalized spacial score (nSPS) is 21.4. The maximum atomic E-state index is 11.8. The summed E-state index contributed by atoms with van der Waals surface area (Å²) in [5.41, 5.74) is 2.15. The lowest BCUT2D eigenvalue weighted by atomic mass is 10.2. The van der Waals surface area contributed by atoms with Crippen molar-refractivity contribution in [1.82, 2.24) is 15.1 Å². The van der Waals surface area contributed by atoms with E-state index in [4.69, 9.17) is 0 Å². The number of rotatable bonds is 6. The minimum atomic E-state index is -2.86. The minimum Gasteiger partial charge on any atom is -0.310 e. The molecular weight excluding hydrogens is 342 g/mol. The van der Waals surface area contributed by atoms with Crippen LogP contribution in [0.5, 0.6) is 0 Å². The molecule has 1 N–H and O–H groups in total. The molecule has 0 radical (unpaired) electrons. The van der Waals surface area contributed by atoms with Crippen LogP contribution in [0.2, 0.25) is 0 Å². The molecule has 1 fully saturated rings. The first-order valence-electron chi connectivity index (χ1n) is 7.16. The third kappa shape index (κ3) is 3.26. The number of nitrogens with one attached hydrogen (secondary N) is 1. The molecule has 1 atom stereocenters. The molecule has 1 aliphatic rings. The van der Waals surface area contributed by atoms with Gasteiger partial charge in [-0.25, -0.2) is 8.42 Å². The monoisotopic (exact) mass is 363 g/mol. The van der Waals surface area contributed by atoms with E-state index < -0.39 is 9.84 Å². The maximum Gasteiger partial charge on any atom is 0.154 e. The summed E-state index contributed by atoms with van der Waals surface area (Å²) in [5, 5.41) is 7.60. The second-order valence-electron chi connectivity index (χ2n) is 5.14. The van der Waals surface area contributed by atoms with Gasteiger partial charge in [0.25, 0.3) is 0 Å². The second kappa shape index (κ2) is 6.58. The van der Waals surface area contributed by atoms with Gasteiger partial charge in [0, 0.05) is 19.6 Å². The van der Waals surface area contributed by atoms with Gasteiger partial charge in [-0.2, -0.15) is 5.10 Å². The summed E-state index contributed by atoms with van der Waals surface area (Å²) in [6.07, 6.45) is 2.46. The predicted molar refractivity (Wildman–Crippen MR) is 83.5 cm³/mol. The molecule has 1 saturated heterocycles. The Kier molecular flexibility index (Phi) is 5.25. The smallest absolute Gasteiger partial charge is 0.154 e. The first kappa shape index (κ1) is 16.0. The zero-order valence-corrected chi connectivity index (χ0v) is 14.4. The lowest BCUT2D eigenvalue weighted by Crippen LogP contribution is -2.30. The molecule has 5 nitrogen and oxygen atoms in total. The SMILES string of the molecule is CCc1nn(CC)c(CNCC2CCCS2(=O)=O)c1Br. The molecule has 2 rings (SSSR count). The second-order valence-corrected chi connectivity index (χ2v) is 8.33. The molecule has 1 aromatic rings. The van der Waals surface area contributed by atoms with E-state index in [1.165, 1.54) is 0 Å². The summed E-state index contributed by atoms with van der Waals surface area (Å²) in [6.45, 7) is 6.13. The van der Waals surface area contributed by atoms with Gasteiger partial charge in [-0.1, -0.05) is 6.92 Å². The highest BCUT2D eigenvalue weighted by Crippen LogP contribution is 2.23.